The van der Waals surface area contributed by atoms with Gasteiger partial charge in [0, 0.05) is 0 Å². The van der Waals surface area contributed by atoms with Crippen LogP contribution in [-0.2, 0) is 16.5 Å². The summed E-state index contributed by atoms with van der Waals surface area (Å²) in [5.74, 6) is 0. The molecule has 0 saturated carbocycles. The maximum absolute atomic E-state index is 8.24. The van der Waals surface area contributed by atoms with Gasteiger partial charge in [0.15, 0.2) is 33.3 Å². The van der Waals surface area contributed by atoms with Crippen molar-refractivity contribution in [1.29, 1.82) is 0 Å². The molecule has 0 fully saturated rings. The molecule has 0 aromatic heterocycles. The molecule has 272 valence electrons. The predicted molar refractivity (Wildman–Crippen MR) is 214 cm³/mol. The highest BCUT2D eigenvalue weighted by molar-refractivity contribution is 6.96. The van der Waals surface area contributed by atoms with Crippen molar-refractivity contribution >= 4 is 42.3 Å². The third kappa shape index (κ3) is 8.81. The van der Waals surface area contributed by atoms with E-state index in [4.69, 9.17) is 16.5 Å². The van der Waals surface area contributed by atoms with Crippen LogP contribution >= 0.6 is 0 Å². The van der Waals surface area contributed by atoms with Crippen molar-refractivity contribution in [3.05, 3.63) is 0 Å². The SMILES string of the molecule is CC(C)[Si](O[Si](O[Si](C(C)C)(C(C)C)C(C)C)(O[Si](C(C)C)(C(C)C)C(C)C)O[Si](C(C)C)(C(C)C)C(C)C)(C(C)C)C(C)C. The van der Waals surface area contributed by atoms with Gasteiger partial charge in [0.1, 0.15) is 0 Å². The van der Waals surface area contributed by atoms with E-state index in [9.17, 15) is 0 Å². The maximum atomic E-state index is 8.24. The fourth-order valence-electron chi connectivity index (χ4n) is 10.4. The molecule has 0 bridgehead atoms. The maximum Gasteiger partial charge on any atom is 0.637 e. The van der Waals surface area contributed by atoms with E-state index in [2.05, 4.69) is 166 Å². The van der Waals surface area contributed by atoms with Gasteiger partial charge in [0.2, 0.25) is 0 Å². The molecule has 45 heavy (non-hydrogen) atoms. The van der Waals surface area contributed by atoms with Crippen molar-refractivity contribution in [2.45, 2.75) is 233 Å². The normalized spacial score (nSPS) is 15.2. The second kappa shape index (κ2) is 17.2. The highest BCUT2D eigenvalue weighted by Gasteiger charge is 2.68. The minimum Gasteiger partial charge on any atom is -0.394 e. The first kappa shape index (κ1) is 45.9. The van der Waals surface area contributed by atoms with Gasteiger partial charge in [0.05, 0.1) is 0 Å². The second-order valence-corrected chi connectivity index (χ2v) is 43.1. The van der Waals surface area contributed by atoms with Crippen molar-refractivity contribution in [3.8, 4) is 0 Å². The van der Waals surface area contributed by atoms with E-state index in [1.54, 1.807) is 0 Å². The van der Waals surface area contributed by atoms with Gasteiger partial charge in [-0.05, 0) is 66.5 Å². The van der Waals surface area contributed by atoms with Crippen LogP contribution in [0.2, 0.25) is 66.5 Å². The molecule has 0 aliphatic heterocycles. The molecular formula is C36H84O4Si5. The topological polar surface area (TPSA) is 36.9 Å². The molecule has 4 nitrogen and oxygen atoms in total. The predicted octanol–water partition coefficient (Wildman–Crippen LogP) is 14.2. The monoisotopic (exact) mass is 721 g/mol. The molecule has 0 saturated heterocycles. The van der Waals surface area contributed by atoms with Gasteiger partial charge in [-0.1, -0.05) is 166 Å². The molecule has 0 heterocycles. The van der Waals surface area contributed by atoms with Crippen LogP contribution in [0.5, 0.6) is 0 Å². The lowest BCUT2D eigenvalue weighted by Gasteiger charge is -2.58. The first-order valence-electron chi connectivity index (χ1n) is 19.0. The second-order valence-electron chi connectivity index (χ2n) is 18.2. The first-order chi connectivity index (χ1) is 20.1. The fourth-order valence-corrected chi connectivity index (χ4v) is 47.9. The van der Waals surface area contributed by atoms with E-state index in [1.807, 2.05) is 0 Å². The van der Waals surface area contributed by atoms with E-state index in [0.29, 0.717) is 66.5 Å². The van der Waals surface area contributed by atoms with Gasteiger partial charge >= 0.3 is 9.05 Å². The van der Waals surface area contributed by atoms with E-state index >= 15 is 0 Å². The van der Waals surface area contributed by atoms with E-state index in [0.717, 1.165) is 0 Å². The van der Waals surface area contributed by atoms with Crippen molar-refractivity contribution in [1.82, 2.24) is 0 Å². The van der Waals surface area contributed by atoms with Crippen molar-refractivity contribution in [3.63, 3.8) is 0 Å². The Hall–Kier alpha value is 0.924. The third-order valence-corrected chi connectivity index (χ3v) is 43.3. The Bertz CT molecular complexity index is 637. The van der Waals surface area contributed by atoms with Crippen LogP contribution < -0.4 is 0 Å². The molecule has 0 aromatic rings. The zero-order valence-electron chi connectivity index (χ0n) is 35.1. The van der Waals surface area contributed by atoms with Gasteiger partial charge in [-0.3, -0.25) is 0 Å². The summed E-state index contributed by atoms with van der Waals surface area (Å²) in [6, 6.07) is 0. The zero-order valence-corrected chi connectivity index (χ0v) is 40.1. The Morgan fingerprint density at radius 2 is 0.289 bits per heavy atom. The highest BCUT2D eigenvalue weighted by atomic mass is 28.5. The molecule has 0 unspecified atom stereocenters. The average molecular weight is 721 g/mol. The summed E-state index contributed by atoms with van der Waals surface area (Å²) in [6.07, 6.45) is 0. The lowest BCUT2D eigenvalue weighted by atomic mass is 10.5. The largest absolute Gasteiger partial charge is 0.637 e. The first-order valence-corrected chi connectivity index (χ1v) is 29.1. The summed E-state index contributed by atoms with van der Waals surface area (Å²) in [5.41, 5.74) is 4.78. The summed E-state index contributed by atoms with van der Waals surface area (Å²) in [7, 11) is -13.9. The summed E-state index contributed by atoms with van der Waals surface area (Å²) in [4.78, 5) is 0. The standard InChI is InChI=1S/C36H84O4Si5/c1-25(2)41(26(3)4,27(5)6)37-45(38-42(28(7)8,29(9)10)30(11)12,39-43(31(13)14,32(15)16)33(17)18)40-44(34(19)20,35(21)22)36(23)24/h25-36H,1-24H3. The minimum atomic E-state index is -3.84. The van der Waals surface area contributed by atoms with Crippen molar-refractivity contribution in [2.24, 2.45) is 0 Å². The van der Waals surface area contributed by atoms with Gasteiger partial charge in [-0.25, -0.2) is 0 Å². The lowest BCUT2D eigenvalue weighted by molar-refractivity contribution is 0.121. The molecule has 0 N–H and O–H groups in total. The molecule has 9 heteroatoms. The lowest BCUT2D eigenvalue weighted by Crippen LogP contribution is -2.74. The smallest absolute Gasteiger partial charge is 0.394 e. The summed E-state index contributed by atoms with van der Waals surface area (Å²) >= 11 is 0. The van der Waals surface area contributed by atoms with Gasteiger partial charge < -0.3 is 16.5 Å². The summed E-state index contributed by atoms with van der Waals surface area (Å²) < 4.78 is 33.0. The van der Waals surface area contributed by atoms with Crippen LogP contribution in [0.3, 0.4) is 0 Å². The number of hydrogen-bond donors (Lipinski definition) is 0. The molecular weight excluding hydrogens is 637 g/mol. The van der Waals surface area contributed by atoms with Crippen molar-refractivity contribution in [2.75, 3.05) is 0 Å². The van der Waals surface area contributed by atoms with Crippen LogP contribution in [0, 0.1) is 0 Å². The van der Waals surface area contributed by atoms with E-state index in [-0.39, 0.29) is 0 Å². The van der Waals surface area contributed by atoms with Crippen LogP contribution in [0.4, 0.5) is 0 Å². The molecule has 0 rings (SSSR count). The van der Waals surface area contributed by atoms with E-state index in [1.165, 1.54) is 0 Å². The van der Waals surface area contributed by atoms with Crippen LogP contribution in [0.1, 0.15) is 166 Å². The Balaban J connectivity index is 8.82. The van der Waals surface area contributed by atoms with Crippen molar-refractivity contribution < 1.29 is 16.5 Å². The molecule has 0 amide bonds. The Labute approximate surface area is 290 Å². The summed E-state index contributed by atoms with van der Waals surface area (Å²) in [6.45, 7) is 57.7. The van der Waals surface area contributed by atoms with Crippen LogP contribution in [0.15, 0.2) is 0 Å². The number of hydrogen-bond acceptors (Lipinski definition) is 4. The molecule has 0 atom stereocenters. The number of rotatable bonds is 20. The minimum absolute atomic E-state index is 0.398. The molecule has 0 aliphatic rings. The zero-order chi connectivity index (χ0) is 36.3. The fraction of sp³-hybridized carbons (Fsp3) is 1.00. The Kier molecular flexibility index (Phi) is 17.6. The Morgan fingerprint density at radius 1 is 0.200 bits per heavy atom. The van der Waals surface area contributed by atoms with E-state index < -0.39 is 42.3 Å². The molecule has 0 spiro atoms. The average Bonchev–Trinajstić information content (AvgIpc) is 2.84. The highest BCUT2D eigenvalue weighted by Crippen LogP contribution is 2.55. The third-order valence-electron chi connectivity index (χ3n) is 12.0. The van der Waals surface area contributed by atoms with Crippen LogP contribution in [-0.4, -0.2) is 42.3 Å². The quantitative estimate of drug-likeness (QED) is 0.117. The van der Waals surface area contributed by atoms with Gasteiger partial charge in [-0.2, -0.15) is 0 Å². The molecule has 0 aromatic carbocycles. The van der Waals surface area contributed by atoms with Crippen LogP contribution in [0.25, 0.3) is 0 Å². The molecule has 0 radical (unpaired) electrons. The van der Waals surface area contributed by atoms with Gasteiger partial charge in [0.25, 0.3) is 0 Å². The molecule has 0 aliphatic carbocycles. The Morgan fingerprint density at radius 3 is 0.356 bits per heavy atom. The summed E-state index contributed by atoms with van der Waals surface area (Å²) in [5, 5.41) is 0. The van der Waals surface area contributed by atoms with Gasteiger partial charge in [-0.15, -0.1) is 0 Å².